The first-order valence-corrected chi connectivity index (χ1v) is 8.96. The molecule has 6 heteroatoms. The molecular formula is C15H27N3O2S. The Morgan fingerprint density at radius 3 is 2.38 bits per heavy atom. The van der Waals surface area contributed by atoms with Crippen molar-refractivity contribution in [3.8, 4) is 0 Å². The topological polar surface area (TPSA) is 62.3 Å². The first-order valence-electron chi connectivity index (χ1n) is 7.52. The number of nitrogens with zero attached hydrogens (tertiary/aromatic N) is 2. The van der Waals surface area contributed by atoms with Crippen LogP contribution in [0.1, 0.15) is 40.5 Å². The van der Waals surface area contributed by atoms with Crippen LogP contribution in [0.15, 0.2) is 23.2 Å². The predicted octanol–water partition coefficient (Wildman–Crippen LogP) is 2.96. The Kier molecular flexibility index (Phi) is 6.61. The molecular weight excluding hydrogens is 286 g/mol. The zero-order valence-electron chi connectivity index (χ0n) is 13.6. The minimum Gasteiger partial charge on any atom is -0.373 e. The molecule has 1 rings (SSSR count). The molecule has 0 aliphatic rings. The van der Waals surface area contributed by atoms with Gasteiger partial charge in [0.2, 0.25) is 10.0 Å². The van der Waals surface area contributed by atoms with Crippen molar-refractivity contribution < 1.29 is 8.42 Å². The van der Waals surface area contributed by atoms with Gasteiger partial charge in [-0.15, -0.1) is 0 Å². The molecule has 120 valence electrons. The van der Waals surface area contributed by atoms with E-state index in [0.717, 1.165) is 12.8 Å². The van der Waals surface area contributed by atoms with Crippen LogP contribution in [0, 0.1) is 5.92 Å². The number of aromatic nitrogens is 1. The number of rotatable bonds is 8. The molecule has 0 bridgehead atoms. The molecule has 0 spiro atoms. The quantitative estimate of drug-likeness (QED) is 0.801. The van der Waals surface area contributed by atoms with Crippen molar-refractivity contribution in [3.05, 3.63) is 18.3 Å². The number of hydrogen-bond donors (Lipinski definition) is 1. The van der Waals surface area contributed by atoms with E-state index in [4.69, 9.17) is 0 Å². The van der Waals surface area contributed by atoms with Gasteiger partial charge in [-0.2, -0.15) is 4.31 Å². The summed E-state index contributed by atoms with van der Waals surface area (Å²) in [4.78, 5) is 4.38. The van der Waals surface area contributed by atoms with E-state index in [1.54, 1.807) is 23.5 Å². The molecule has 1 aromatic heterocycles. The van der Waals surface area contributed by atoms with Gasteiger partial charge in [-0.3, -0.25) is 0 Å². The zero-order valence-corrected chi connectivity index (χ0v) is 14.4. The van der Waals surface area contributed by atoms with Crippen molar-refractivity contribution in [1.82, 2.24) is 9.29 Å². The maximum atomic E-state index is 13.0. The fourth-order valence-corrected chi connectivity index (χ4v) is 4.29. The first-order chi connectivity index (χ1) is 9.86. The van der Waals surface area contributed by atoms with Crippen molar-refractivity contribution in [2.24, 2.45) is 5.92 Å². The Balaban J connectivity index is 3.25. The summed E-state index contributed by atoms with van der Waals surface area (Å²) in [6.45, 7) is 8.67. The van der Waals surface area contributed by atoms with Crippen LogP contribution in [0.2, 0.25) is 0 Å². The summed E-state index contributed by atoms with van der Waals surface area (Å²) in [6.07, 6.45) is 3.15. The second kappa shape index (κ2) is 7.75. The lowest BCUT2D eigenvalue weighted by atomic mass is 10.1. The van der Waals surface area contributed by atoms with Crippen LogP contribution >= 0.6 is 0 Å². The van der Waals surface area contributed by atoms with Crippen LogP contribution < -0.4 is 5.32 Å². The molecule has 1 N–H and O–H groups in total. The van der Waals surface area contributed by atoms with Crippen molar-refractivity contribution in [2.45, 2.75) is 51.5 Å². The molecule has 0 saturated carbocycles. The van der Waals surface area contributed by atoms with Gasteiger partial charge in [0.05, 0.1) is 4.90 Å². The maximum Gasteiger partial charge on any atom is 0.243 e. The SMILES string of the molecule is CCC(CC)N(CC(C)C)S(=O)(=O)c1ccnc(NC)c1. The van der Waals surface area contributed by atoms with Gasteiger partial charge < -0.3 is 5.32 Å². The number of nitrogens with one attached hydrogen (secondary N) is 1. The third-order valence-corrected chi connectivity index (χ3v) is 5.40. The summed E-state index contributed by atoms with van der Waals surface area (Å²) >= 11 is 0. The van der Waals surface area contributed by atoms with E-state index in [-0.39, 0.29) is 12.0 Å². The smallest absolute Gasteiger partial charge is 0.243 e. The molecule has 0 fully saturated rings. The third-order valence-electron chi connectivity index (χ3n) is 3.49. The molecule has 0 saturated heterocycles. The van der Waals surface area contributed by atoms with Gasteiger partial charge in [0, 0.05) is 31.9 Å². The molecule has 0 radical (unpaired) electrons. The Labute approximate surface area is 128 Å². The lowest BCUT2D eigenvalue weighted by Gasteiger charge is -2.31. The average Bonchev–Trinajstić information content (AvgIpc) is 2.47. The summed E-state index contributed by atoms with van der Waals surface area (Å²) in [6, 6.07) is 3.18. The fourth-order valence-electron chi connectivity index (χ4n) is 2.34. The molecule has 1 aromatic rings. The van der Waals surface area contributed by atoms with Gasteiger partial charge in [0.1, 0.15) is 5.82 Å². The minimum atomic E-state index is -3.50. The number of anilines is 1. The van der Waals surface area contributed by atoms with Crippen LogP contribution in [0.3, 0.4) is 0 Å². The van der Waals surface area contributed by atoms with Gasteiger partial charge in [-0.25, -0.2) is 13.4 Å². The van der Waals surface area contributed by atoms with E-state index < -0.39 is 10.0 Å². The van der Waals surface area contributed by atoms with E-state index in [2.05, 4.69) is 10.3 Å². The number of sulfonamides is 1. The molecule has 0 unspecified atom stereocenters. The Morgan fingerprint density at radius 1 is 1.29 bits per heavy atom. The first kappa shape index (κ1) is 17.9. The minimum absolute atomic E-state index is 0.0311. The lowest BCUT2D eigenvalue weighted by molar-refractivity contribution is 0.277. The van der Waals surface area contributed by atoms with E-state index in [1.165, 1.54) is 6.20 Å². The molecule has 21 heavy (non-hydrogen) atoms. The summed E-state index contributed by atoms with van der Waals surface area (Å²) in [5, 5.41) is 2.88. The second-order valence-corrected chi connectivity index (χ2v) is 7.46. The van der Waals surface area contributed by atoms with E-state index >= 15 is 0 Å². The van der Waals surface area contributed by atoms with Gasteiger partial charge in [-0.05, 0) is 24.8 Å². The normalized spacial score (nSPS) is 12.4. The monoisotopic (exact) mass is 313 g/mol. The van der Waals surface area contributed by atoms with Crippen molar-refractivity contribution >= 4 is 15.8 Å². The molecule has 1 heterocycles. The third kappa shape index (κ3) is 4.41. The molecule has 0 amide bonds. The highest BCUT2D eigenvalue weighted by Gasteiger charge is 2.30. The van der Waals surface area contributed by atoms with Crippen LogP contribution in [0.4, 0.5) is 5.82 Å². The highest BCUT2D eigenvalue weighted by molar-refractivity contribution is 7.89. The molecule has 0 aliphatic heterocycles. The molecule has 0 aliphatic carbocycles. The number of hydrogen-bond acceptors (Lipinski definition) is 4. The van der Waals surface area contributed by atoms with Gasteiger partial charge in [0.15, 0.2) is 0 Å². The standard InChI is InChI=1S/C15H27N3O2S/c1-6-13(7-2)18(11-12(3)4)21(19,20)14-8-9-17-15(10-14)16-5/h8-10,12-13H,6-7,11H2,1-5H3,(H,16,17). The predicted molar refractivity (Wildman–Crippen MR) is 86.9 cm³/mol. The van der Waals surface area contributed by atoms with Crippen LogP contribution in [0.5, 0.6) is 0 Å². The molecule has 0 aromatic carbocycles. The Morgan fingerprint density at radius 2 is 1.90 bits per heavy atom. The summed E-state index contributed by atoms with van der Waals surface area (Å²) < 4.78 is 27.6. The average molecular weight is 313 g/mol. The van der Waals surface area contributed by atoms with Crippen molar-refractivity contribution in [2.75, 3.05) is 18.9 Å². The fraction of sp³-hybridized carbons (Fsp3) is 0.667. The van der Waals surface area contributed by atoms with E-state index in [9.17, 15) is 8.42 Å². The molecule has 5 nitrogen and oxygen atoms in total. The van der Waals surface area contributed by atoms with Gasteiger partial charge in [0.25, 0.3) is 0 Å². The number of pyridine rings is 1. The summed E-state index contributed by atoms with van der Waals surface area (Å²) in [5.74, 6) is 0.844. The van der Waals surface area contributed by atoms with Gasteiger partial charge in [-0.1, -0.05) is 27.7 Å². The van der Waals surface area contributed by atoms with E-state index in [0.29, 0.717) is 17.3 Å². The second-order valence-electron chi connectivity index (χ2n) is 5.57. The largest absolute Gasteiger partial charge is 0.373 e. The van der Waals surface area contributed by atoms with Crippen molar-refractivity contribution in [3.63, 3.8) is 0 Å². The Hall–Kier alpha value is -1.14. The maximum absolute atomic E-state index is 13.0. The van der Waals surface area contributed by atoms with Gasteiger partial charge >= 0.3 is 0 Å². The highest BCUT2D eigenvalue weighted by Crippen LogP contribution is 2.23. The Bertz CT molecular complexity index is 540. The zero-order chi connectivity index (χ0) is 16.0. The summed E-state index contributed by atoms with van der Waals surface area (Å²) in [7, 11) is -1.77. The van der Waals surface area contributed by atoms with Crippen LogP contribution in [-0.4, -0.2) is 37.3 Å². The summed E-state index contributed by atoms with van der Waals surface area (Å²) in [5.41, 5.74) is 0. The van der Waals surface area contributed by atoms with Crippen molar-refractivity contribution in [1.29, 1.82) is 0 Å². The highest BCUT2D eigenvalue weighted by atomic mass is 32.2. The van der Waals surface area contributed by atoms with Crippen LogP contribution in [-0.2, 0) is 10.0 Å². The molecule has 0 atom stereocenters. The van der Waals surface area contributed by atoms with E-state index in [1.807, 2.05) is 27.7 Å². The lowest BCUT2D eigenvalue weighted by Crippen LogP contribution is -2.42. The van der Waals surface area contributed by atoms with Crippen LogP contribution in [0.25, 0.3) is 0 Å².